The number of aryl methyl sites for hydroxylation is 1. The van der Waals surface area contributed by atoms with Gasteiger partial charge in [-0.05, 0) is 79.0 Å². The lowest BCUT2D eigenvalue weighted by molar-refractivity contribution is -0.139. The lowest BCUT2D eigenvalue weighted by Gasteiger charge is -2.31. The van der Waals surface area contributed by atoms with Crippen LogP contribution in [0.1, 0.15) is 66.1 Å². The predicted octanol–water partition coefficient (Wildman–Crippen LogP) is 5.66. The van der Waals surface area contributed by atoms with Gasteiger partial charge in [0.05, 0.1) is 5.75 Å². The fraction of sp³-hybridized carbons (Fsp3) is 0.412. The highest BCUT2D eigenvalue weighted by atomic mass is 32.2. The van der Waals surface area contributed by atoms with E-state index in [1.165, 1.54) is 12.0 Å². The number of rotatable bonds is 13. The topological polar surface area (TPSA) is 104 Å². The van der Waals surface area contributed by atoms with E-state index in [1.807, 2.05) is 43.3 Å². The minimum Gasteiger partial charge on any atom is -0.480 e. The molecule has 3 aromatic rings. The van der Waals surface area contributed by atoms with E-state index >= 15 is 0 Å². The van der Waals surface area contributed by atoms with Gasteiger partial charge in [0.25, 0.3) is 5.91 Å². The molecule has 1 fully saturated rings. The summed E-state index contributed by atoms with van der Waals surface area (Å²) in [6.07, 6.45) is 6.43. The maximum absolute atomic E-state index is 13.5. The second-order valence-electron chi connectivity index (χ2n) is 11.5. The highest BCUT2D eigenvalue weighted by Crippen LogP contribution is 2.33. The minimum absolute atomic E-state index is 0.200. The Morgan fingerprint density at radius 3 is 2.31 bits per heavy atom. The first-order chi connectivity index (χ1) is 20.1. The van der Waals surface area contributed by atoms with E-state index in [-0.39, 0.29) is 12.2 Å². The molecule has 0 aliphatic carbocycles. The number of nitrogens with one attached hydrogen (secondary N) is 1. The van der Waals surface area contributed by atoms with Gasteiger partial charge in [0, 0.05) is 30.4 Å². The molecule has 224 valence electrons. The van der Waals surface area contributed by atoms with Crippen LogP contribution < -0.4 is 5.32 Å². The SMILES string of the molecule is CCC[C@@H]1CC[C@H](Cc2ccccc2)N1Cc1ccc(C(=O)N[C@@H](CCS(C)(=O)=O)C(=O)O)c(-c2ccccc2C)c1. The molecule has 1 aliphatic heterocycles. The summed E-state index contributed by atoms with van der Waals surface area (Å²) in [5.74, 6) is -2.12. The molecule has 7 nitrogen and oxygen atoms in total. The fourth-order valence-electron chi connectivity index (χ4n) is 6.04. The molecular formula is C34H42N2O5S. The molecule has 0 spiro atoms. The Kier molecular flexibility index (Phi) is 10.6. The number of carboxylic acids is 1. The van der Waals surface area contributed by atoms with Gasteiger partial charge in [0.2, 0.25) is 0 Å². The van der Waals surface area contributed by atoms with Gasteiger partial charge in [0.15, 0.2) is 0 Å². The normalized spacial score (nSPS) is 18.1. The fourth-order valence-corrected chi connectivity index (χ4v) is 6.71. The van der Waals surface area contributed by atoms with E-state index in [4.69, 9.17) is 0 Å². The van der Waals surface area contributed by atoms with Gasteiger partial charge in [-0.3, -0.25) is 9.69 Å². The number of carboxylic acid groups (broad SMARTS) is 1. The molecule has 1 heterocycles. The van der Waals surface area contributed by atoms with Gasteiger partial charge < -0.3 is 10.4 Å². The summed E-state index contributed by atoms with van der Waals surface area (Å²) in [5.41, 5.74) is 5.44. The summed E-state index contributed by atoms with van der Waals surface area (Å²) >= 11 is 0. The van der Waals surface area contributed by atoms with Crippen molar-refractivity contribution in [2.24, 2.45) is 0 Å². The zero-order chi connectivity index (χ0) is 30.3. The summed E-state index contributed by atoms with van der Waals surface area (Å²) in [6, 6.07) is 23.9. The molecule has 0 aromatic heterocycles. The monoisotopic (exact) mass is 590 g/mol. The van der Waals surface area contributed by atoms with Gasteiger partial charge in [-0.2, -0.15) is 0 Å². The number of aliphatic carboxylic acids is 1. The van der Waals surface area contributed by atoms with Crippen LogP contribution in [-0.2, 0) is 27.6 Å². The Bertz CT molecular complexity index is 1490. The van der Waals surface area contributed by atoms with Crippen molar-refractivity contribution in [1.82, 2.24) is 10.2 Å². The van der Waals surface area contributed by atoms with E-state index in [9.17, 15) is 23.1 Å². The molecule has 1 saturated heterocycles. The number of nitrogens with zero attached hydrogens (tertiary/aromatic N) is 1. The van der Waals surface area contributed by atoms with Crippen LogP contribution in [0.3, 0.4) is 0 Å². The highest BCUT2D eigenvalue weighted by molar-refractivity contribution is 7.90. The number of sulfone groups is 1. The molecule has 8 heteroatoms. The second-order valence-corrected chi connectivity index (χ2v) is 13.8. The largest absolute Gasteiger partial charge is 0.480 e. The van der Waals surface area contributed by atoms with Crippen LogP contribution in [-0.4, -0.2) is 60.4 Å². The molecule has 42 heavy (non-hydrogen) atoms. The van der Waals surface area contributed by atoms with Crippen LogP contribution in [0, 0.1) is 6.92 Å². The molecule has 0 saturated carbocycles. The molecule has 0 radical (unpaired) electrons. The van der Waals surface area contributed by atoms with Crippen LogP contribution in [0.4, 0.5) is 0 Å². The van der Waals surface area contributed by atoms with Crippen LogP contribution in [0.25, 0.3) is 11.1 Å². The number of benzene rings is 3. The summed E-state index contributed by atoms with van der Waals surface area (Å²) in [6.45, 7) is 4.98. The quantitative estimate of drug-likeness (QED) is 0.267. The van der Waals surface area contributed by atoms with Crippen molar-refractivity contribution >= 4 is 21.7 Å². The standard InChI is InChI=1S/C34H42N2O5S/c1-4-10-27-16-17-28(21-25-12-6-5-7-13-25)36(27)23-26-15-18-30(31(22-26)29-14-9-8-11-24(29)2)33(37)35-32(34(38)39)19-20-42(3,40)41/h5-9,11-15,18,22,27-28,32H,4,10,16-17,19-21,23H2,1-3H3,(H,35,37)(H,38,39)/t27-,28-,32+/m1/s1. The van der Waals surface area contributed by atoms with Crippen molar-refractivity contribution in [2.45, 2.75) is 77.0 Å². The average molecular weight is 591 g/mol. The second kappa shape index (κ2) is 14.1. The number of hydrogen-bond acceptors (Lipinski definition) is 5. The van der Waals surface area contributed by atoms with Crippen molar-refractivity contribution in [3.63, 3.8) is 0 Å². The van der Waals surface area contributed by atoms with Gasteiger partial charge in [-0.1, -0.05) is 74.0 Å². The molecule has 2 N–H and O–H groups in total. The lowest BCUT2D eigenvalue weighted by atomic mass is 9.93. The van der Waals surface area contributed by atoms with Crippen molar-refractivity contribution in [3.8, 4) is 11.1 Å². The van der Waals surface area contributed by atoms with E-state index in [1.54, 1.807) is 6.07 Å². The van der Waals surface area contributed by atoms with Crippen LogP contribution >= 0.6 is 0 Å². The molecule has 3 atom stereocenters. The number of carbonyl (C=O) groups excluding carboxylic acids is 1. The maximum atomic E-state index is 13.5. The maximum Gasteiger partial charge on any atom is 0.326 e. The van der Waals surface area contributed by atoms with Gasteiger partial charge in [-0.25, -0.2) is 13.2 Å². The molecular weight excluding hydrogens is 548 g/mol. The summed E-state index contributed by atoms with van der Waals surface area (Å²) in [7, 11) is -3.38. The molecule has 0 unspecified atom stereocenters. The van der Waals surface area contributed by atoms with E-state index < -0.39 is 27.8 Å². The lowest BCUT2D eigenvalue weighted by Crippen LogP contribution is -2.42. The summed E-state index contributed by atoms with van der Waals surface area (Å²) in [4.78, 5) is 28.0. The Morgan fingerprint density at radius 1 is 0.952 bits per heavy atom. The van der Waals surface area contributed by atoms with Crippen molar-refractivity contribution in [3.05, 3.63) is 95.1 Å². The number of likely N-dealkylation sites (tertiary alicyclic amines) is 1. The van der Waals surface area contributed by atoms with Crippen LogP contribution in [0.2, 0.25) is 0 Å². The minimum atomic E-state index is -3.38. The number of carbonyl (C=O) groups is 2. The Morgan fingerprint density at radius 2 is 1.64 bits per heavy atom. The Hall–Kier alpha value is -3.49. The first-order valence-electron chi connectivity index (χ1n) is 14.8. The van der Waals surface area contributed by atoms with Crippen LogP contribution in [0.15, 0.2) is 72.8 Å². The Balaban J connectivity index is 1.65. The average Bonchev–Trinajstić information content (AvgIpc) is 3.31. The third kappa shape index (κ3) is 8.29. The van der Waals surface area contributed by atoms with E-state index in [0.717, 1.165) is 60.7 Å². The first-order valence-corrected chi connectivity index (χ1v) is 16.8. The molecule has 1 amide bonds. The predicted molar refractivity (Wildman–Crippen MR) is 167 cm³/mol. The zero-order valence-electron chi connectivity index (χ0n) is 24.8. The van der Waals surface area contributed by atoms with Gasteiger partial charge in [-0.15, -0.1) is 0 Å². The Labute approximate surface area is 249 Å². The summed E-state index contributed by atoms with van der Waals surface area (Å²) in [5, 5.41) is 12.3. The van der Waals surface area contributed by atoms with Crippen LogP contribution in [0.5, 0.6) is 0 Å². The smallest absolute Gasteiger partial charge is 0.326 e. The molecule has 1 aliphatic rings. The number of hydrogen-bond donors (Lipinski definition) is 2. The zero-order valence-corrected chi connectivity index (χ0v) is 25.6. The van der Waals surface area contributed by atoms with E-state index in [0.29, 0.717) is 17.6 Å². The van der Waals surface area contributed by atoms with Crippen molar-refractivity contribution < 1.29 is 23.1 Å². The third-order valence-corrected chi connectivity index (χ3v) is 9.19. The van der Waals surface area contributed by atoms with Crippen molar-refractivity contribution in [1.29, 1.82) is 0 Å². The molecule has 0 bridgehead atoms. The van der Waals surface area contributed by atoms with E-state index in [2.05, 4.69) is 47.5 Å². The molecule has 4 rings (SSSR count). The van der Waals surface area contributed by atoms with Crippen molar-refractivity contribution in [2.75, 3.05) is 12.0 Å². The highest BCUT2D eigenvalue weighted by Gasteiger charge is 2.33. The first kappa shape index (κ1) is 31.4. The van der Waals surface area contributed by atoms with Gasteiger partial charge in [0.1, 0.15) is 15.9 Å². The summed E-state index contributed by atoms with van der Waals surface area (Å²) < 4.78 is 23.3. The third-order valence-electron chi connectivity index (χ3n) is 8.22. The molecule has 3 aromatic carbocycles. The van der Waals surface area contributed by atoms with Gasteiger partial charge >= 0.3 is 5.97 Å². The number of amides is 1.